The molecule has 0 aliphatic heterocycles. The number of nitrogens with one attached hydrogen (secondary N) is 2. The Hall–Kier alpha value is -3.68. The summed E-state index contributed by atoms with van der Waals surface area (Å²) < 4.78 is 23.2. The van der Waals surface area contributed by atoms with Crippen molar-refractivity contribution in [3.63, 3.8) is 0 Å². The predicted octanol–water partition coefficient (Wildman–Crippen LogP) is 2.92. The first-order valence-corrected chi connectivity index (χ1v) is 8.90. The van der Waals surface area contributed by atoms with Gasteiger partial charge < -0.3 is 19.9 Å². The Kier molecular flexibility index (Phi) is 6.23. The predicted molar refractivity (Wildman–Crippen MR) is 104 cm³/mol. The van der Waals surface area contributed by atoms with Gasteiger partial charge in [-0.3, -0.25) is 9.59 Å². The molecule has 0 aliphatic carbocycles. The van der Waals surface area contributed by atoms with Crippen molar-refractivity contribution in [1.29, 1.82) is 0 Å². The summed E-state index contributed by atoms with van der Waals surface area (Å²) in [6.45, 7) is 1.78. The molecule has 2 aromatic carbocycles. The Balaban J connectivity index is 1.55. The molecule has 1 heterocycles. The third-order valence-electron chi connectivity index (χ3n) is 4.24. The third kappa shape index (κ3) is 5.19. The Labute approximate surface area is 166 Å². The fraction of sp³-hybridized carbons (Fsp3) is 0.190. The maximum Gasteiger partial charge on any atom is 0.274 e. The Morgan fingerprint density at radius 3 is 2.48 bits per heavy atom. The molecule has 1 aromatic heterocycles. The van der Waals surface area contributed by atoms with Crippen molar-refractivity contribution in [2.24, 2.45) is 0 Å². The van der Waals surface area contributed by atoms with E-state index in [4.69, 9.17) is 9.26 Å². The first kappa shape index (κ1) is 20.1. The number of nitrogens with zero attached hydrogens (tertiary/aromatic N) is 1. The number of aromatic nitrogens is 1. The van der Waals surface area contributed by atoms with E-state index in [1.54, 1.807) is 50.4 Å². The van der Waals surface area contributed by atoms with Crippen LogP contribution in [0.1, 0.15) is 23.0 Å². The van der Waals surface area contributed by atoms with E-state index in [0.29, 0.717) is 11.5 Å². The minimum atomic E-state index is -0.788. The van der Waals surface area contributed by atoms with Gasteiger partial charge in [-0.15, -0.1) is 0 Å². The lowest BCUT2D eigenvalue weighted by Crippen LogP contribution is -2.44. The van der Waals surface area contributed by atoms with Crippen LogP contribution in [0.5, 0.6) is 5.75 Å². The summed E-state index contributed by atoms with van der Waals surface area (Å²) in [7, 11) is 1.57. The lowest BCUT2D eigenvalue weighted by Gasteiger charge is -2.13. The molecule has 8 heteroatoms. The maximum absolute atomic E-state index is 12.9. The highest BCUT2D eigenvalue weighted by Gasteiger charge is 2.19. The normalized spacial score (nSPS) is 11.6. The maximum atomic E-state index is 12.9. The van der Waals surface area contributed by atoms with Crippen LogP contribution in [-0.2, 0) is 11.3 Å². The molecule has 29 heavy (non-hydrogen) atoms. The number of carbonyl (C=O) groups excluding carboxylic acids is 2. The summed E-state index contributed by atoms with van der Waals surface area (Å²) in [4.78, 5) is 24.5. The molecule has 0 spiro atoms. The van der Waals surface area contributed by atoms with E-state index >= 15 is 0 Å². The van der Waals surface area contributed by atoms with Gasteiger partial charge in [0.25, 0.3) is 5.91 Å². The van der Waals surface area contributed by atoms with Gasteiger partial charge >= 0.3 is 0 Å². The number of halogens is 1. The average molecular weight is 397 g/mol. The Morgan fingerprint density at radius 1 is 1.14 bits per heavy atom. The molecule has 3 rings (SSSR count). The van der Waals surface area contributed by atoms with Crippen LogP contribution in [0.3, 0.4) is 0 Å². The summed E-state index contributed by atoms with van der Waals surface area (Å²) in [5.41, 5.74) is 1.55. The van der Waals surface area contributed by atoms with Crippen molar-refractivity contribution >= 4 is 11.8 Å². The van der Waals surface area contributed by atoms with E-state index in [-0.39, 0.29) is 24.0 Å². The summed E-state index contributed by atoms with van der Waals surface area (Å²) in [5.74, 6) is -0.125. The molecule has 150 valence electrons. The van der Waals surface area contributed by atoms with E-state index in [1.165, 1.54) is 18.2 Å². The number of ether oxygens (including phenoxy) is 1. The van der Waals surface area contributed by atoms with Crippen LogP contribution in [0, 0.1) is 5.82 Å². The minimum absolute atomic E-state index is 0.0639. The van der Waals surface area contributed by atoms with Crippen LogP contribution in [0.4, 0.5) is 4.39 Å². The van der Waals surface area contributed by atoms with Gasteiger partial charge in [0.1, 0.15) is 17.6 Å². The summed E-state index contributed by atoms with van der Waals surface area (Å²) >= 11 is 0. The molecular weight excluding hydrogens is 377 g/mol. The number of rotatable bonds is 7. The van der Waals surface area contributed by atoms with Gasteiger partial charge in [0, 0.05) is 18.2 Å². The second-order valence-electron chi connectivity index (χ2n) is 6.34. The Bertz CT molecular complexity index is 984. The van der Waals surface area contributed by atoms with Crippen LogP contribution >= 0.6 is 0 Å². The number of carbonyl (C=O) groups is 2. The van der Waals surface area contributed by atoms with Crippen molar-refractivity contribution in [2.45, 2.75) is 19.5 Å². The highest BCUT2D eigenvalue weighted by atomic mass is 19.1. The van der Waals surface area contributed by atoms with Gasteiger partial charge in [-0.1, -0.05) is 17.3 Å². The van der Waals surface area contributed by atoms with Crippen LogP contribution in [-0.4, -0.2) is 30.1 Å². The summed E-state index contributed by atoms with van der Waals surface area (Å²) in [6, 6.07) is 13.6. The average Bonchev–Trinajstić information content (AvgIpc) is 3.23. The first-order chi connectivity index (χ1) is 14.0. The molecule has 0 unspecified atom stereocenters. The standard InChI is InChI=1S/C21H20FN3O4/c1-13(20(26)23-12-14-3-7-16(22)8-4-14)24-21(27)18-11-19(29-25-18)15-5-9-17(28-2)10-6-15/h3-11,13H,12H2,1-2H3,(H,23,26)(H,24,27)/t13-/m0/s1. The van der Waals surface area contributed by atoms with E-state index in [1.807, 2.05) is 0 Å². The minimum Gasteiger partial charge on any atom is -0.497 e. The van der Waals surface area contributed by atoms with Crippen LogP contribution in [0.25, 0.3) is 11.3 Å². The molecular formula is C21H20FN3O4. The van der Waals surface area contributed by atoms with E-state index in [2.05, 4.69) is 15.8 Å². The van der Waals surface area contributed by atoms with Crippen LogP contribution in [0.2, 0.25) is 0 Å². The fourth-order valence-electron chi connectivity index (χ4n) is 2.55. The zero-order valence-electron chi connectivity index (χ0n) is 15.9. The molecule has 0 fully saturated rings. The molecule has 0 aliphatic rings. The van der Waals surface area contributed by atoms with E-state index < -0.39 is 11.9 Å². The Morgan fingerprint density at radius 2 is 1.83 bits per heavy atom. The van der Waals surface area contributed by atoms with Gasteiger partial charge in [0.05, 0.1) is 7.11 Å². The summed E-state index contributed by atoms with van der Waals surface area (Å²) in [5, 5.41) is 9.02. The molecule has 0 bridgehead atoms. The number of benzene rings is 2. The number of amides is 2. The topological polar surface area (TPSA) is 93.5 Å². The number of hydrogen-bond acceptors (Lipinski definition) is 5. The quantitative estimate of drug-likeness (QED) is 0.639. The second kappa shape index (κ2) is 9.01. The van der Waals surface area contributed by atoms with Crippen molar-refractivity contribution in [3.8, 4) is 17.1 Å². The molecule has 2 N–H and O–H groups in total. The van der Waals surface area contributed by atoms with Crippen molar-refractivity contribution in [2.75, 3.05) is 7.11 Å². The van der Waals surface area contributed by atoms with Gasteiger partial charge in [0.2, 0.25) is 5.91 Å². The SMILES string of the molecule is COc1ccc(-c2cc(C(=O)N[C@@H](C)C(=O)NCc3ccc(F)cc3)no2)cc1. The lowest BCUT2D eigenvalue weighted by molar-refractivity contribution is -0.122. The summed E-state index contributed by atoms with van der Waals surface area (Å²) in [6.07, 6.45) is 0. The monoisotopic (exact) mass is 397 g/mol. The van der Waals surface area contributed by atoms with E-state index in [9.17, 15) is 14.0 Å². The highest BCUT2D eigenvalue weighted by Crippen LogP contribution is 2.23. The van der Waals surface area contributed by atoms with Gasteiger partial charge in [-0.05, 0) is 48.9 Å². The van der Waals surface area contributed by atoms with Crippen molar-refractivity contribution < 1.29 is 23.2 Å². The molecule has 3 aromatic rings. The van der Waals surface area contributed by atoms with Crippen LogP contribution < -0.4 is 15.4 Å². The molecule has 0 saturated heterocycles. The number of hydrogen-bond donors (Lipinski definition) is 2. The number of methoxy groups -OCH3 is 1. The smallest absolute Gasteiger partial charge is 0.274 e. The van der Waals surface area contributed by atoms with Crippen molar-refractivity contribution in [3.05, 3.63) is 71.7 Å². The third-order valence-corrected chi connectivity index (χ3v) is 4.24. The highest BCUT2D eigenvalue weighted by molar-refractivity contribution is 5.96. The fourth-order valence-corrected chi connectivity index (χ4v) is 2.55. The van der Waals surface area contributed by atoms with Crippen molar-refractivity contribution in [1.82, 2.24) is 15.8 Å². The second-order valence-corrected chi connectivity index (χ2v) is 6.34. The first-order valence-electron chi connectivity index (χ1n) is 8.90. The molecule has 7 nitrogen and oxygen atoms in total. The molecule has 1 atom stereocenters. The largest absolute Gasteiger partial charge is 0.497 e. The molecule has 0 radical (unpaired) electrons. The van der Waals surface area contributed by atoms with Gasteiger partial charge in [-0.25, -0.2) is 4.39 Å². The van der Waals surface area contributed by atoms with Crippen LogP contribution in [0.15, 0.2) is 59.1 Å². The molecule has 2 amide bonds. The zero-order chi connectivity index (χ0) is 20.8. The zero-order valence-corrected chi connectivity index (χ0v) is 15.9. The van der Waals surface area contributed by atoms with Gasteiger partial charge in [-0.2, -0.15) is 0 Å². The van der Waals surface area contributed by atoms with E-state index in [0.717, 1.165) is 11.1 Å². The van der Waals surface area contributed by atoms with Gasteiger partial charge in [0.15, 0.2) is 11.5 Å². The lowest BCUT2D eigenvalue weighted by atomic mass is 10.1. The molecule has 0 saturated carbocycles.